The zero-order valence-corrected chi connectivity index (χ0v) is 14.9. The summed E-state index contributed by atoms with van der Waals surface area (Å²) in [6.45, 7) is 2.25. The minimum absolute atomic E-state index is 0.286. The molecule has 0 radical (unpaired) electrons. The quantitative estimate of drug-likeness (QED) is 0.431. The summed E-state index contributed by atoms with van der Waals surface area (Å²) in [5, 5.41) is 0. The second kappa shape index (κ2) is 11.7. The molecule has 0 aliphatic carbocycles. The van der Waals surface area contributed by atoms with Crippen LogP contribution in [0.4, 0.5) is 0 Å². The Morgan fingerprint density at radius 3 is 1.64 bits per heavy atom. The number of hydrogen-bond acceptors (Lipinski definition) is 2. The van der Waals surface area contributed by atoms with Gasteiger partial charge in [0.2, 0.25) is 0 Å². The highest BCUT2D eigenvalue weighted by Gasteiger charge is 2.12. The minimum Gasteiger partial charge on any atom is -0.224 e. The molecule has 3 heteroatoms. The monoisotopic (exact) mass is 324 g/mol. The van der Waals surface area contributed by atoms with Crippen molar-refractivity contribution in [1.29, 1.82) is 0 Å². The van der Waals surface area contributed by atoms with E-state index in [0.717, 1.165) is 12.8 Å². The van der Waals surface area contributed by atoms with Crippen LogP contribution in [0.2, 0.25) is 0 Å². The summed E-state index contributed by atoms with van der Waals surface area (Å²) < 4.78 is 24.2. The van der Waals surface area contributed by atoms with Crippen molar-refractivity contribution in [1.82, 2.24) is 0 Å². The van der Waals surface area contributed by atoms with Crippen LogP contribution in [0.5, 0.6) is 0 Å². The van der Waals surface area contributed by atoms with Crippen molar-refractivity contribution >= 4 is 9.84 Å². The van der Waals surface area contributed by atoms with Gasteiger partial charge in [-0.15, -0.1) is 0 Å². The lowest BCUT2D eigenvalue weighted by atomic mass is 10.1. The van der Waals surface area contributed by atoms with Crippen molar-refractivity contribution in [3.05, 3.63) is 30.3 Å². The van der Waals surface area contributed by atoms with Gasteiger partial charge >= 0.3 is 0 Å². The summed E-state index contributed by atoms with van der Waals surface area (Å²) in [4.78, 5) is 0.460. The molecule has 0 aliphatic rings. The summed E-state index contributed by atoms with van der Waals surface area (Å²) in [6, 6.07) is 8.80. The average Bonchev–Trinajstić information content (AvgIpc) is 2.53. The molecule has 22 heavy (non-hydrogen) atoms. The van der Waals surface area contributed by atoms with Gasteiger partial charge in [0, 0.05) is 0 Å². The lowest BCUT2D eigenvalue weighted by Crippen LogP contribution is -2.06. The van der Waals surface area contributed by atoms with Crippen LogP contribution < -0.4 is 0 Å². The summed E-state index contributed by atoms with van der Waals surface area (Å²) >= 11 is 0. The molecule has 0 bridgehead atoms. The maximum atomic E-state index is 12.1. The SMILES string of the molecule is CCCCCCCCCCCCCS(=O)(=O)c1ccccc1. The van der Waals surface area contributed by atoms with Crippen molar-refractivity contribution in [2.24, 2.45) is 0 Å². The number of sulfone groups is 1. The second-order valence-corrected chi connectivity index (χ2v) is 8.28. The van der Waals surface area contributed by atoms with Crippen LogP contribution in [0.1, 0.15) is 77.6 Å². The Balaban J connectivity index is 1.99. The summed E-state index contributed by atoms with van der Waals surface area (Å²) in [7, 11) is -3.07. The Hall–Kier alpha value is -0.830. The van der Waals surface area contributed by atoms with E-state index < -0.39 is 9.84 Å². The van der Waals surface area contributed by atoms with E-state index in [9.17, 15) is 8.42 Å². The van der Waals surface area contributed by atoms with E-state index in [0.29, 0.717) is 4.90 Å². The topological polar surface area (TPSA) is 34.1 Å². The highest BCUT2D eigenvalue weighted by molar-refractivity contribution is 7.91. The van der Waals surface area contributed by atoms with Gasteiger partial charge in [-0.2, -0.15) is 0 Å². The third-order valence-electron chi connectivity index (χ3n) is 4.12. The Morgan fingerprint density at radius 1 is 0.682 bits per heavy atom. The summed E-state index contributed by atoms with van der Waals surface area (Å²) in [6.07, 6.45) is 13.7. The van der Waals surface area contributed by atoms with Gasteiger partial charge in [0.15, 0.2) is 9.84 Å². The fourth-order valence-corrected chi connectivity index (χ4v) is 4.09. The Bertz CT molecular complexity index is 465. The van der Waals surface area contributed by atoms with Crippen LogP contribution in [-0.4, -0.2) is 14.2 Å². The third kappa shape index (κ3) is 8.57. The van der Waals surface area contributed by atoms with Gasteiger partial charge in [0.05, 0.1) is 10.6 Å². The number of hydrogen-bond donors (Lipinski definition) is 0. The van der Waals surface area contributed by atoms with Gasteiger partial charge < -0.3 is 0 Å². The van der Waals surface area contributed by atoms with Gasteiger partial charge in [-0.1, -0.05) is 89.3 Å². The van der Waals surface area contributed by atoms with Crippen LogP contribution >= 0.6 is 0 Å². The van der Waals surface area contributed by atoms with Crippen molar-refractivity contribution < 1.29 is 8.42 Å². The molecular weight excluding hydrogens is 292 g/mol. The highest BCUT2D eigenvalue weighted by atomic mass is 32.2. The van der Waals surface area contributed by atoms with E-state index in [4.69, 9.17) is 0 Å². The molecule has 0 spiro atoms. The normalized spacial score (nSPS) is 11.7. The predicted molar refractivity (Wildman–Crippen MR) is 95.0 cm³/mol. The van der Waals surface area contributed by atoms with Crippen molar-refractivity contribution in [3.8, 4) is 0 Å². The number of unbranched alkanes of at least 4 members (excludes halogenated alkanes) is 10. The van der Waals surface area contributed by atoms with Crippen molar-refractivity contribution in [2.75, 3.05) is 5.75 Å². The first-order valence-corrected chi connectivity index (χ1v) is 10.6. The van der Waals surface area contributed by atoms with Gasteiger partial charge in [0.1, 0.15) is 0 Å². The van der Waals surface area contributed by atoms with Crippen LogP contribution in [0, 0.1) is 0 Å². The molecule has 2 nitrogen and oxygen atoms in total. The van der Waals surface area contributed by atoms with Gasteiger partial charge in [0.25, 0.3) is 0 Å². The van der Waals surface area contributed by atoms with Gasteiger partial charge in [-0.25, -0.2) is 8.42 Å². The lowest BCUT2D eigenvalue weighted by molar-refractivity contribution is 0.551. The van der Waals surface area contributed by atoms with Crippen molar-refractivity contribution in [2.45, 2.75) is 82.4 Å². The molecule has 0 atom stereocenters. The lowest BCUT2D eigenvalue weighted by Gasteiger charge is -2.05. The Kier molecular flexibility index (Phi) is 10.2. The minimum atomic E-state index is -3.07. The largest absolute Gasteiger partial charge is 0.224 e. The van der Waals surface area contributed by atoms with E-state index in [1.54, 1.807) is 24.3 Å². The second-order valence-electron chi connectivity index (χ2n) is 6.17. The van der Waals surface area contributed by atoms with E-state index in [1.165, 1.54) is 57.8 Å². The third-order valence-corrected chi connectivity index (χ3v) is 5.94. The molecular formula is C19H32O2S. The average molecular weight is 325 g/mol. The molecule has 0 N–H and O–H groups in total. The zero-order valence-electron chi connectivity index (χ0n) is 14.1. The first kappa shape index (κ1) is 19.2. The first-order valence-electron chi connectivity index (χ1n) is 8.94. The fraction of sp³-hybridized carbons (Fsp3) is 0.684. The van der Waals surface area contributed by atoms with E-state index in [2.05, 4.69) is 6.92 Å². The molecule has 0 saturated carbocycles. The van der Waals surface area contributed by atoms with Crippen molar-refractivity contribution in [3.63, 3.8) is 0 Å². The Labute approximate surface area is 137 Å². The van der Waals surface area contributed by atoms with Crippen LogP contribution in [0.25, 0.3) is 0 Å². The van der Waals surface area contributed by atoms with Crippen LogP contribution in [0.15, 0.2) is 35.2 Å². The molecule has 1 aromatic rings. The van der Waals surface area contributed by atoms with E-state index in [-0.39, 0.29) is 5.75 Å². The fourth-order valence-electron chi connectivity index (χ4n) is 2.70. The summed E-state index contributed by atoms with van der Waals surface area (Å²) in [5.74, 6) is 0.286. The van der Waals surface area contributed by atoms with E-state index in [1.807, 2.05) is 6.07 Å². The molecule has 126 valence electrons. The van der Waals surface area contributed by atoms with Crippen LogP contribution in [-0.2, 0) is 9.84 Å². The molecule has 0 amide bonds. The Morgan fingerprint density at radius 2 is 1.14 bits per heavy atom. The summed E-state index contributed by atoms with van der Waals surface area (Å²) in [5.41, 5.74) is 0. The van der Waals surface area contributed by atoms with Crippen LogP contribution in [0.3, 0.4) is 0 Å². The molecule has 1 rings (SSSR count). The molecule has 0 aliphatic heterocycles. The molecule has 0 unspecified atom stereocenters. The van der Waals surface area contributed by atoms with Gasteiger partial charge in [-0.3, -0.25) is 0 Å². The number of rotatable bonds is 13. The van der Waals surface area contributed by atoms with Gasteiger partial charge in [-0.05, 0) is 18.6 Å². The number of benzene rings is 1. The molecule has 1 aromatic carbocycles. The smallest absolute Gasteiger partial charge is 0.178 e. The molecule has 0 aromatic heterocycles. The first-order chi connectivity index (χ1) is 10.7. The standard InChI is InChI=1S/C19H32O2S/c1-2-3-4-5-6-7-8-9-10-11-15-18-22(20,21)19-16-13-12-14-17-19/h12-14,16-17H,2-11,15,18H2,1H3. The molecule has 0 fully saturated rings. The van der Waals surface area contributed by atoms with E-state index >= 15 is 0 Å². The maximum Gasteiger partial charge on any atom is 0.178 e. The maximum absolute atomic E-state index is 12.1. The predicted octanol–water partition coefficient (Wildman–Crippen LogP) is 5.77. The molecule has 0 heterocycles. The highest BCUT2D eigenvalue weighted by Crippen LogP contribution is 2.14. The molecule has 0 saturated heterocycles. The zero-order chi connectivity index (χ0) is 16.1.